The van der Waals surface area contributed by atoms with Crippen molar-refractivity contribution >= 4 is 12.0 Å². The summed E-state index contributed by atoms with van der Waals surface area (Å²) in [4.78, 5) is 30.2. The average molecular weight is 311 g/mol. The number of carbonyl (C=O) groups excluding carboxylic acids is 2. The van der Waals surface area contributed by atoms with E-state index in [2.05, 4.69) is 23.6 Å². The molecule has 2 unspecified atom stereocenters. The van der Waals surface area contributed by atoms with Crippen molar-refractivity contribution in [1.29, 1.82) is 0 Å². The second-order valence-corrected chi connectivity index (χ2v) is 6.39. The molecule has 0 aromatic rings. The van der Waals surface area contributed by atoms with Crippen LogP contribution in [0.5, 0.6) is 0 Å². The fourth-order valence-electron chi connectivity index (χ4n) is 3.49. The molecule has 2 aliphatic rings. The third kappa shape index (κ3) is 4.12. The summed E-state index contributed by atoms with van der Waals surface area (Å²) in [6, 6.07) is 0.689. The summed E-state index contributed by atoms with van der Waals surface area (Å²) >= 11 is 0. The SMILES string of the molecule is CCOC(=O)N1CCN(CC(=O)N2C(C)CCCC2C)CC1. The highest BCUT2D eigenvalue weighted by molar-refractivity contribution is 5.79. The van der Waals surface area contributed by atoms with Gasteiger partial charge in [-0.1, -0.05) is 0 Å². The molecule has 0 aliphatic carbocycles. The average Bonchev–Trinajstić information content (AvgIpc) is 2.48. The molecule has 6 nitrogen and oxygen atoms in total. The Morgan fingerprint density at radius 3 is 2.18 bits per heavy atom. The fourth-order valence-corrected chi connectivity index (χ4v) is 3.49. The minimum atomic E-state index is -0.244. The standard InChI is InChI=1S/C16H29N3O3/c1-4-22-16(21)18-10-8-17(9-11-18)12-15(20)19-13(2)6-5-7-14(19)3/h13-14H,4-12H2,1-3H3. The molecule has 2 atom stereocenters. The highest BCUT2D eigenvalue weighted by Crippen LogP contribution is 2.22. The highest BCUT2D eigenvalue weighted by atomic mass is 16.6. The monoisotopic (exact) mass is 311 g/mol. The van der Waals surface area contributed by atoms with Gasteiger partial charge >= 0.3 is 6.09 Å². The Morgan fingerprint density at radius 2 is 1.64 bits per heavy atom. The van der Waals surface area contributed by atoms with Crippen molar-refractivity contribution in [1.82, 2.24) is 14.7 Å². The van der Waals surface area contributed by atoms with Crippen LogP contribution in [0.2, 0.25) is 0 Å². The van der Waals surface area contributed by atoms with Crippen molar-refractivity contribution in [3.05, 3.63) is 0 Å². The number of carbonyl (C=O) groups is 2. The first-order valence-electron chi connectivity index (χ1n) is 8.48. The van der Waals surface area contributed by atoms with Crippen LogP contribution < -0.4 is 0 Å². The first-order chi connectivity index (χ1) is 10.5. The largest absolute Gasteiger partial charge is 0.450 e. The van der Waals surface area contributed by atoms with Crippen molar-refractivity contribution < 1.29 is 14.3 Å². The number of hydrogen-bond donors (Lipinski definition) is 0. The van der Waals surface area contributed by atoms with Gasteiger partial charge in [0.15, 0.2) is 0 Å². The van der Waals surface area contributed by atoms with E-state index in [1.807, 2.05) is 6.92 Å². The summed E-state index contributed by atoms with van der Waals surface area (Å²) < 4.78 is 5.01. The number of nitrogens with zero attached hydrogens (tertiary/aromatic N) is 3. The fraction of sp³-hybridized carbons (Fsp3) is 0.875. The molecule has 2 saturated heterocycles. The lowest BCUT2D eigenvalue weighted by Crippen LogP contribution is -2.54. The van der Waals surface area contributed by atoms with Crippen LogP contribution in [-0.2, 0) is 9.53 Å². The van der Waals surface area contributed by atoms with E-state index in [-0.39, 0.29) is 12.0 Å². The zero-order valence-electron chi connectivity index (χ0n) is 14.1. The topological polar surface area (TPSA) is 53.1 Å². The second-order valence-electron chi connectivity index (χ2n) is 6.39. The van der Waals surface area contributed by atoms with Gasteiger partial charge in [-0.05, 0) is 40.0 Å². The van der Waals surface area contributed by atoms with Gasteiger partial charge in [-0.25, -0.2) is 4.79 Å². The maximum atomic E-state index is 12.6. The third-order valence-electron chi connectivity index (χ3n) is 4.74. The molecule has 2 fully saturated rings. The van der Waals surface area contributed by atoms with Crippen molar-refractivity contribution in [2.45, 2.75) is 52.1 Å². The van der Waals surface area contributed by atoms with Gasteiger partial charge in [-0.15, -0.1) is 0 Å². The minimum Gasteiger partial charge on any atom is -0.450 e. The van der Waals surface area contributed by atoms with E-state index in [4.69, 9.17) is 4.74 Å². The summed E-state index contributed by atoms with van der Waals surface area (Å²) in [6.07, 6.45) is 3.18. The van der Waals surface area contributed by atoms with Crippen molar-refractivity contribution in [3.63, 3.8) is 0 Å². The lowest BCUT2D eigenvalue weighted by molar-refractivity contribution is -0.138. The quantitative estimate of drug-likeness (QED) is 0.793. The molecule has 0 spiro atoms. The number of amides is 2. The van der Waals surface area contributed by atoms with Crippen LogP contribution in [0.4, 0.5) is 4.79 Å². The van der Waals surface area contributed by atoms with Crippen LogP contribution >= 0.6 is 0 Å². The van der Waals surface area contributed by atoms with E-state index in [9.17, 15) is 9.59 Å². The maximum absolute atomic E-state index is 12.6. The van der Waals surface area contributed by atoms with Crippen LogP contribution in [0.1, 0.15) is 40.0 Å². The summed E-state index contributed by atoms with van der Waals surface area (Å²) in [5.74, 6) is 0.226. The van der Waals surface area contributed by atoms with Crippen LogP contribution in [-0.4, -0.2) is 78.1 Å². The Labute approximate surface area is 133 Å². The van der Waals surface area contributed by atoms with Gasteiger partial charge in [0.05, 0.1) is 13.2 Å². The zero-order valence-corrected chi connectivity index (χ0v) is 14.1. The molecular weight excluding hydrogens is 282 g/mol. The summed E-state index contributed by atoms with van der Waals surface area (Å²) in [5, 5.41) is 0. The maximum Gasteiger partial charge on any atom is 0.409 e. The van der Waals surface area contributed by atoms with Crippen molar-refractivity contribution in [3.8, 4) is 0 Å². The number of hydrogen-bond acceptors (Lipinski definition) is 4. The van der Waals surface area contributed by atoms with Gasteiger partial charge in [0, 0.05) is 38.3 Å². The summed E-state index contributed by atoms with van der Waals surface area (Å²) in [7, 11) is 0. The predicted molar refractivity (Wildman–Crippen MR) is 84.7 cm³/mol. The molecule has 6 heteroatoms. The van der Waals surface area contributed by atoms with Crippen LogP contribution in [0.25, 0.3) is 0 Å². The third-order valence-corrected chi connectivity index (χ3v) is 4.74. The summed E-state index contributed by atoms with van der Waals surface area (Å²) in [5.41, 5.74) is 0. The van der Waals surface area contributed by atoms with Crippen molar-refractivity contribution in [2.24, 2.45) is 0 Å². The molecular formula is C16H29N3O3. The lowest BCUT2D eigenvalue weighted by Gasteiger charge is -2.41. The Morgan fingerprint density at radius 1 is 1.05 bits per heavy atom. The van der Waals surface area contributed by atoms with Gasteiger partial charge < -0.3 is 14.5 Å². The zero-order chi connectivity index (χ0) is 16.1. The molecule has 0 aromatic heterocycles. The van der Waals surface area contributed by atoms with E-state index in [0.29, 0.717) is 38.3 Å². The predicted octanol–water partition coefficient (Wildman–Crippen LogP) is 1.55. The lowest BCUT2D eigenvalue weighted by atomic mass is 9.97. The molecule has 2 heterocycles. The van der Waals surface area contributed by atoms with Crippen LogP contribution in [0.3, 0.4) is 0 Å². The van der Waals surface area contributed by atoms with Gasteiger partial charge in [-0.2, -0.15) is 0 Å². The number of likely N-dealkylation sites (tertiary alicyclic amines) is 1. The highest BCUT2D eigenvalue weighted by Gasteiger charge is 2.31. The molecule has 0 radical (unpaired) electrons. The Bertz CT molecular complexity index is 384. The molecule has 126 valence electrons. The number of rotatable bonds is 3. The number of piperazine rings is 1. The molecule has 0 bridgehead atoms. The first-order valence-corrected chi connectivity index (χ1v) is 8.48. The van der Waals surface area contributed by atoms with E-state index in [0.717, 1.165) is 25.9 Å². The second kappa shape index (κ2) is 7.81. The van der Waals surface area contributed by atoms with E-state index in [1.54, 1.807) is 4.90 Å². The first kappa shape index (κ1) is 17.1. The number of piperidine rings is 1. The Balaban J connectivity index is 1.80. The molecule has 22 heavy (non-hydrogen) atoms. The summed E-state index contributed by atoms with van der Waals surface area (Å²) in [6.45, 7) is 9.72. The van der Waals surface area contributed by atoms with Crippen LogP contribution in [0, 0.1) is 0 Å². The van der Waals surface area contributed by atoms with E-state index in [1.165, 1.54) is 6.42 Å². The minimum absolute atomic E-state index is 0.226. The normalized spacial score (nSPS) is 26.9. The van der Waals surface area contributed by atoms with E-state index >= 15 is 0 Å². The smallest absolute Gasteiger partial charge is 0.409 e. The van der Waals surface area contributed by atoms with Gasteiger partial charge in [0.25, 0.3) is 0 Å². The molecule has 2 rings (SSSR count). The van der Waals surface area contributed by atoms with Gasteiger partial charge in [-0.3, -0.25) is 9.69 Å². The van der Waals surface area contributed by atoms with Crippen molar-refractivity contribution in [2.75, 3.05) is 39.3 Å². The molecule has 0 aromatic carbocycles. The molecule has 2 aliphatic heterocycles. The Kier molecular flexibility index (Phi) is 6.06. The van der Waals surface area contributed by atoms with E-state index < -0.39 is 0 Å². The molecule has 0 saturated carbocycles. The Hall–Kier alpha value is -1.30. The number of ether oxygens (including phenoxy) is 1. The van der Waals surface area contributed by atoms with Gasteiger partial charge in [0.2, 0.25) is 5.91 Å². The van der Waals surface area contributed by atoms with Gasteiger partial charge in [0.1, 0.15) is 0 Å². The molecule has 2 amide bonds. The molecule has 0 N–H and O–H groups in total. The van der Waals surface area contributed by atoms with Crippen LogP contribution in [0.15, 0.2) is 0 Å².